The lowest BCUT2D eigenvalue weighted by molar-refractivity contribution is 0.0512. The van der Waals surface area contributed by atoms with Gasteiger partial charge in [0.25, 0.3) is 0 Å². The molecule has 3 rings (SSSR count). The van der Waals surface area contributed by atoms with Gasteiger partial charge in [-0.2, -0.15) is 0 Å². The molecule has 1 fully saturated rings. The van der Waals surface area contributed by atoms with E-state index in [9.17, 15) is 9.90 Å². The van der Waals surface area contributed by atoms with Gasteiger partial charge in [-0.05, 0) is 70.4 Å². The van der Waals surface area contributed by atoms with Crippen molar-refractivity contribution in [3.63, 3.8) is 0 Å². The number of amides is 1. The van der Waals surface area contributed by atoms with Gasteiger partial charge in [-0.3, -0.25) is 0 Å². The maximum atomic E-state index is 11.8. The molecular weight excluding hydrogens is 356 g/mol. The fraction of sp³-hybridized carbons (Fsp3) is 0.636. The highest BCUT2D eigenvalue weighted by Gasteiger charge is 2.24. The van der Waals surface area contributed by atoms with Gasteiger partial charge in [-0.25, -0.2) is 9.78 Å². The topological polar surface area (TPSA) is 84.6 Å². The Morgan fingerprint density at radius 2 is 1.93 bits per heavy atom. The average molecular weight is 389 g/mol. The number of para-hydroxylation sites is 2. The molecule has 1 unspecified atom stereocenters. The normalized spacial score (nSPS) is 21.4. The first kappa shape index (κ1) is 20.6. The number of carbonyl (C=O) groups is 1. The predicted molar refractivity (Wildman–Crippen MR) is 108 cm³/mol. The molecule has 28 heavy (non-hydrogen) atoms. The van der Waals surface area contributed by atoms with Gasteiger partial charge < -0.3 is 19.6 Å². The lowest BCUT2D eigenvalue weighted by Gasteiger charge is -2.29. The van der Waals surface area contributed by atoms with Crippen LogP contribution in [0.5, 0.6) is 0 Å². The molecule has 0 saturated heterocycles. The van der Waals surface area contributed by atoms with Crippen LogP contribution in [0.2, 0.25) is 0 Å². The Morgan fingerprint density at radius 1 is 1.25 bits per heavy atom. The molecule has 154 valence electrons. The number of aromatic nitrogens is 1. The van der Waals surface area contributed by atoms with Crippen molar-refractivity contribution in [2.24, 2.45) is 11.8 Å². The second-order valence-corrected chi connectivity index (χ2v) is 8.88. The summed E-state index contributed by atoms with van der Waals surface area (Å²) < 4.78 is 10.9. The molecular formula is C22H32N2O4. The Kier molecular flexibility index (Phi) is 6.60. The number of ether oxygens (including phenoxy) is 1. The average Bonchev–Trinajstić information content (AvgIpc) is 3.08. The highest BCUT2D eigenvalue weighted by molar-refractivity contribution is 5.72. The summed E-state index contributed by atoms with van der Waals surface area (Å²) in [6.45, 7) is 6.28. The number of fused-ring (bicyclic) bond motifs is 1. The first-order valence-electron chi connectivity index (χ1n) is 10.3. The minimum Gasteiger partial charge on any atom is -0.444 e. The van der Waals surface area contributed by atoms with Crippen LogP contribution in [0.25, 0.3) is 11.1 Å². The van der Waals surface area contributed by atoms with Crippen LogP contribution in [0, 0.1) is 11.8 Å². The van der Waals surface area contributed by atoms with E-state index in [0.717, 1.165) is 43.2 Å². The summed E-state index contributed by atoms with van der Waals surface area (Å²) >= 11 is 0. The lowest BCUT2D eigenvalue weighted by atomic mass is 9.79. The molecule has 0 spiro atoms. The summed E-state index contributed by atoms with van der Waals surface area (Å²) in [4.78, 5) is 16.2. The zero-order valence-electron chi connectivity index (χ0n) is 17.1. The maximum Gasteiger partial charge on any atom is 0.407 e. The van der Waals surface area contributed by atoms with Gasteiger partial charge in [0.1, 0.15) is 17.2 Å². The quantitative estimate of drug-likeness (QED) is 0.729. The maximum absolute atomic E-state index is 11.8. The number of benzene rings is 1. The standard InChI is InChI=1S/C22H32N2O4/c1-22(2,3)28-21(26)23-14-16-10-8-15(9-11-16)12-13-18(25)20-24-17-6-4-5-7-19(17)27-20/h4-7,15-16,18,25H,8-14H2,1-3H3,(H,23,26). The highest BCUT2D eigenvalue weighted by Crippen LogP contribution is 2.33. The molecule has 1 aromatic carbocycles. The van der Waals surface area contributed by atoms with E-state index in [1.165, 1.54) is 0 Å². The first-order chi connectivity index (χ1) is 13.3. The molecule has 0 bridgehead atoms. The van der Waals surface area contributed by atoms with Crippen molar-refractivity contribution >= 4 is 17.2 Å². The van der Waals surface area contributed by atoms with E-state index in [1.54, 1.807) is 0 Å². The molecule has 6 heteroatoms. The van der Waals surface area contributed by atoms with Crippen LogP contribution in [0.4, 0.5) is 4.79 Å². The molecule has 2 N–H and O–H groups in total. The third-order valence-corrected chi connectivity index (χ3v) is 5.34. The van der Waals surface area contributed by atoms with Gasteiger partial charge in [0.05, 0.1) is 0 Å². The Hall–Kier alpha value is -2.08. The molecule has 1 saturated carbocycles. The van der Waals surface area contributed by atoms with Crippen molar-refractivity contribution in [2.45, 2.75) is 71.0 Å². The van der Waals surface area contributed by atoms with Gasteiger partial charge in [0.15, 0.2) is 5.58 Å². The van der Waals surface area contributed by atoms with Crippen LogP contribution in [0.1, 0.15) is 71.3 Å². The van der Waals surface area contributed by atoms with Crippen molar-refractivity contribution in [3.05, 3.63) is 30.2 Å². The Labute approximate surface area is 166 Å². The Bertz CT molecular complexity index is 739. The molecule has 1 aliphatic carbocycles. The lowest BCUT2D eigenvalue weighted by Crippen LogP contribution is -2.36. The van der Waals surface area contributed by atoms with E-state index in [2.05, 4.69) is 10.3 Å². The predicted octanol–water partition coefficient (Wildman–Crippen LogP) is 4.97. The molecule has 1 aliphatic rings. The molecule has 1 heterocycles. The Balaban J connectivity index is 1.36. The number of oxazole rings is 1. The molecule has 1 aromatic heterocycles. The van der Waals surface area contributed by atoms with Crippen LogP contribution in [0.3, 0.4) is 0 Å². The van der Waals surface area contributed by atoms with Crippen molar-refractivity contribution in [1.82, 2.24) is 10.3 Å². The summed E-state index contributed by atoms with van der Waals surface area (Å²) in [6, 6.07) is 7.57. The van der Waals surface area contributed by atoms with Crippen LogP contribution >= 0.6 is 0 Å². The number of aliphatic hydroxyl groups is 1. The minimum absolute atomic E-state index is 0.337. The van der Waals surface area contributed by atoms with Gasteiger partial charge in [0, 0.05) is 6.54 Å². The highest BCUT2D eigenvalue weighted by atomic mass is 16.6. The number of alkyl carbamates (subject to hydrolysis) is 1. The number of nitrogens with zero attached hydrogens (tertiary/aromatic N) is 1. The molecule has 1 atom stereocenters. The van der Waals surface area contributed by atoms with Crippen LogP contribution < -0.4 is 5.32 Å². The number of rotatable bonds is 6. The summed E-state index contributed by atoms with van der Waals surface area (Å²) in [7, 11) is 0. The van der Waals surface area contributed by atoms with Gasteiger partial charge >= 0.3 is 6.09 Å². The van der Waals surface area contributed by atoms with Crippen LogP contribution in [0.15, 0.2) is 28.7 Å². The van der Waals surface area contributed by atoms with Crippen LogP contribution in [-0.2, 0) is 4.74 Å². The fourth-order valence-electron chi connectivity index (χ4n) is 3.82. The summed E-state index contributed by atoms with van der Waals surface area (Å²) in [5, 5.41) is 13.3. The number of carbonyl (C=O) groups excluding carboxylic acids is 1. The molecule has 2 aromatic rings. The molecule has 1 amide bonds. The number of hydrogen-bond donors (Lipinski definition) is 2. The van der Waals surface area contributed by atoms with Gasteiger partial charge in [-0.15, -0.1) is 0 Å². The molecule has 0 radical (unpaired) electrons. The van der Waals surface area contributed by atoms with E-state index in [1.807, 2.05) is 45.0 Å². The molecule has 0 aliphatic heterocycles. The van der Waals surface area contributed by atoms with E-state index >= 15 is 0 Å². The summed E-state index contributed by atoms with van der Waals surface area (Å²) in [5.41, 5.74) is 1.04. The third kappa shape index (κ3) is 5.96. The monoisotopic (exact) mass is 388 g/mol. The summed E-state index contributed by atoms with van der Waals surface area (Å²) in [6.07, 6.45) is 5.08. The minimum atomic E-state index is -0.654. The van der Waals surface area contributed by atoms with E-state index in [4.69, 9.17) is 9.15 Å². The van der Waals surface area contributed by atoms with Crippen molar-refractivity contribution < 1.29 is 19.1 Å². The zero-order chi connectivity index (χ0) is 20.1. The summed E-state index contributed by atoms with van der Waals surface area (Å²) in [5.74, 6) is 1.53. The number of hydrogen-bond acceptors (Lipinski definition) is 5. The van der Waals surface area contributed by atoms with Crippen molar-refractivity contribution in [1.29, 1.82) is 0 Å². The van der Waals surface area contributed by atoms with E-state index in [-0.39, 0.29) is 6.09 Å². The van der Waals surface area contributed by atoms with E-state index < -0.39 is 11.7 Å². The van der Waals surface area contributed by atoms with Gasteiger partial charge in [-0.1, -0.05) is 25.0 Å². The van der Waals surface area contributed by atoms with Crippen molar-refractivity contribution in [3.8, 4) is 0 Å². The fourth-order valence-corrected chi connectivity index (χ4v) is 3.82. The second-order valence-electron chi connectivity index (χ2n) is 8.88. The smallest absolute Gasteiger partial charge is 0.407 e. The van der Waals surface area contributed by atoms with E-state index in [0.29, 0.717) is 30.7 Å². The largest absolute Gasteiger partial charge is 0.444 e. The third-order valence-electron chi connectivity index (χ3n) is 5.34. The van der Waals surface area contributed by atoms with Crippen LogP contribution in [-0.4, -0.2) is 28.3 Å². The molecule has 6 nitrogen and oxygen atoms in total. The van der Waals surface area contributed by atoms with Crippen molar-refractivity contribution in [2.75, 3.05) is 6.54 Å². The SMILES string of the molecule is CC(C)(C)OC(=O)NCC1CCC(CCC(O)c2nc3ccccc3o2)CC1. The zero-order valence-corrected chi connectivity index (χ0v) is 17.1. The first-order valence-corrected chi connectivity index (χ1v) is 10.3. The van der Waals surface area contributed by atoms with Gasteiger partial charge in [0.2, 0.25) is 5.89 Å². The second kappa shape index (κ2) is 8.95. The Morgan fingerprint density at radius 3 is 2.61 bits per heavy atom. The number of aliphatic hydroxyl groups excluding tert-OH is 1. The number of nitrogens with one attached hydrogen (secondary N) is 1.